The van der Waals surface area contributed by atoms with Crippen LogP contribution in [-0.4, -0.2) is 14.2 Å². The third-order valence-electron chi connectivity index (χ3n) is 2.17. The summed E-state index contributed by atoms with van der Waals surface area (Å²) < 4.78 is 37.9. The third kappa shape index (κ3) is 3.43. The maximum absolute atomic E-state index is 12.8. The smallest absolute Gasteiger partial charge is 0.211 e. The molecular weight excluding hydrogens is 253 g/mol. The van der Waals surface area contributed by atoms with Crippen molar-refractivity contribution in [3.8, 4) is 0 Å². The standard InChI is InChI=1S/C10H13ClFNO2S/c1-3-16(14,15)13-7(2)9-5-4-8(12)6-10(9)11/h4-7,13H,3H2,1-2H3/t7-/m1/s1. The van der Waals surface area contributed by atoms with E-state index < -0.39 is 21.9 Å². The Hall–Kier alpha value is -0.650. The highest BCUT2D eigenvalue weighted by atomic mass is 35.5. The SMILES string of the molecule is CCS(=O)(=O)N[C@H](C)c1ccc(F)cc1Cl. The van der Waals surface area contributed by atoms with Crippen LogP contribution >= 0.6 is 11.6 Å². The Morgan fingerprint density at radius 3 is 2.62 bits per heavy atom. The van der Waals surface area contributed by atoms with Crippen molar-refractivity contribution in [2.75, 3.05) is 5.75 Å². The summed E-state index contributed by atoms with van der Waals surface area (Å²) >= 11 is 5.82. The van der Waals surface area contributed by atoms with E-state index in [0.29, 0.717) is 5.56 Å². The summed E-state index contributed by atoms with van der Waals surface area (Å²) in [6.07, 6.45) is 0. The molecule has 1 aromatic carbocycles. The van der Waals surface area contributed by atoms with Crippen molar-refractivity contribution >= 4 is 21.6 Å². The minimum absolute atomic E-state index is 0.00382. The fourth-order valence-electron chi connectivity index (χ4n) is 1.27. The molecule has 0 aliphatic heterocycles. The zero-order valence-corrected chi connectivity index (χ0v) is 10.6. The van der Waals surface area contributed by atoms with Crippen LogP contribution in [0.3, 0.4) is 0 Å². The van der Waals surface area contributed by atoms with E-state index >= 15 is 0 Å². The summed E-state index contributed by atoms with van der Waals surface area (Å²) in [6.45, 7) is 3.20. The van der Waals surface area contributed by atoms with Gasteiger partial charge in [0.15, 0.2) is 0 Å². The lowest BCUT2D eigenvalue weighted by Gasteiger charge is -2.15. The first-order chi connectivity index (χ1) is 7.35. The number of benzene rings is 1. The van der Waals surface area contributed by atoms with Crippen LogP contribution in [0.4, 0.5) is 4.39 Å². The predicted octanol–water partition coefficient (Wildman–Crippen LogP) is 2.48. The van der Waals surface area contributed by atoms with E-state index in [9.17, 15) is 12.8 Å². The lowest BCUT2D eigenvalue weighted by Crippen LogP contribution is -2.28. The van der Waals surface area contributed by atoms with Gasteiger partial charge < -0.3 is 0 Å². The monoisotopic (exact) mass is 265 g/mol. The first-order valence-corrected chi connectivity index (χ1v) is 6.83. The molecule has 16 heavy (non-hydrogen) atoms. The molecule has 0 saturated heterocycles. The second kappa shape index (κ2) is 5.12. The number of hydrogen-bond acceptors (Lipinski definition) is 2. The molecule has 1 N–H and O–H groups in total. The van der Waals surface area contributed by atoms with Gasteiger partial charge in [0.05, 0.1) is 5.75 Å². The fraction of sp³-hybridized carbons (Fsp3) is 0.400. The second-order valence-corrected chi connectivity index (χ2v) is 5.86. The summed E-state index contributed by atoms with van der Waals surface area (Å²) in [7, 11) is -3.30. The normalized spacial score (nSPS) is 13.8. The van der Waals surface area contributed by atoms with Crippen molar-refractivity contribution in [3.05, 3.63) is 34.6 Å². The van der Waals surface area contributed by atoms with Crippen LogP contribution in [0.25, 0.3) is 0 Å². The van der Waals surface area contributed by atoms with Crippen molar-refractivity contribution in [2.45, 2.75) is 19.9 Å². The molecule has 0 spiro atoms. The van der Waals surface area contributed by atoms with Gasteiger partial charge in [-0.05, 0) is 31.5 Å². The molecule has 0 saturated carbocycles. The Labute approximate surface area is 99.7 Å². The maximum Gasteiger partial charge on any atom is 0.211 e. The van der Waals surface area contributed by atoms with Crippen molar-refractivity contribution in [1.82, 2.24) is 4.72 Å². The van der Waals surface area contributed by atoms with E-state index in [4.69, 9.17) is 11.6 Å². The van der Waals surface area contributed by atoms with Gasteiger partial charge in [0, 0.05) is 11.1 Å². The topological polar surface area (TPSA) is 46.2 Å². The Bertz CT molecular complexity index is 476. The van der Waals surface area contributed by atoms with Gasteiger partial charge >= 0.3 is 0 Å². The van der Waals surface area contributed by atoms with Crippen LogP contribution < -0.4 is 4.72 Å². The quantitative estimate of drug-likeness (QED) is 0.909. The van der Waals surface area contributed by atoms with Gasteiger partial charge in [0.2, 0.25) is 10.0 Å². The van der Waals surface area contributed by atoms with E-state index in [1.165, 1.54) is 12.1 Å². The van der Waals surface area contributed by atoms with Crippen molar-refractivity contribution in [1.29, 1.82) is 0 Å². The molecule has 0 aliphatic carbocycles. The molecule has 1 rings (SSSR count). The molecule has 1 atom stereocenters. The molecule has 0 aromatic heterocycles. The van der Waals surface area contributed by atoms with Crippen LogP contribution in [0.2, 0.25) is 5.02 Å². The van der Waals surface area contributed by atoms with Crippen LogP contribution in [0, 0.1) is 5.82 Å². The minimum Gasteiger partial charge on any atom is -0.212 e. The van der Waals surface area contributed by atoms with Gasteiger partial charge in [-0.1, -0.05) is 17.7 Å². The molecule has 90 valence electrons. The zero-order chi connectivity index (χ0) is 12.3. The summed E-state index contributed by atoms with van der Waals surface area (Å²) in [5.74, 6) is -0.449. The highest BCUT2D eigenvalue weighted by Gasteiger charge is 2.16. The summed E-state index contributed by atoms with van der Waals surface area (Å²) in [5.41, 5.74) is 0.556. The first-order valence-electron chi connectivity index (χ1n) is 4.80. The van der Waals surface area contributed by atoms with Crippen molar-refractivity contribution < 1.29 is 12.8 Å². The molecule has 0 radical (unpaired) electrons. The Kier molecular flexibility index (Phi) is 4.29. The molecule has 0 fully saturated rings. The largest absolute Gasteiger partial charge is 0.212 e. The highest BCUT2D eigenvalue weighted by molar-refractivity contribution is 7.89. The predicted molar refractivity (Wildman–Crippen MR) is 62.4 cm³/mol. The first kappa shape index (κ1) is 13.4. The lowest BCUT2D eigenvalue weighted by atomic mass is 10.1. The Morgan fingerprint density at radius 1 is 1.50 bits per heavy atom. The van der Waals surface area contributed by atoms with Crippen LogP contribution in [0.1, 0.15) is 25.5 Å². The Balaban J connectivity index is 2.93. The van der Waals surface area contributed by atoms with Gasteiger partial charge in [-0.3, -0.25) is 0 Å². The van der Waals surface area contributed by atoms with E-state index in [2.05, 4.69) is 4.72 Å². The van der Waals surface area contributed by atoms with E-state index in [-0.39, 0.29) is 10.8 Å². The number of rotatable bonds is 4. The lowest BCUT2D eigenvalue weighted by molar-refractivity contribution is 0.568. The molecule has 3 nitrogen and oxygen atoms in total. The molecule has 0 aliphatic rings. The molecular formula is C10H13ClFNO2S. The highest BCUT2D eigenvalue weighted by Crippen LogP contribution is 2.24. The molecule has 0 heterocycles. The van der Waals surface area contributed by atoms with Crippen LogP contribution in [0.5, 0.6) is 0 Å². The van der Waals surface area contributed by atoms with E-state index in [1.54, 1.807) is 13.8 Å². The molecule has 1 aromatic rings. The van der Waals surface area contributed by atoms with Gasteiger partial charge in [-0.2, -0.15) is 0 Å². The number of sulfonamides is 1. The number of hydrogen-bond donors (Lipinski definition) is 1. The molecule has 0 unspecified atom stereocenters. The van der Waals surface area contributed by atoms with Crippen LogP contribution in [0.15, 0.2) is 18.2 Å². The van der Waals surface area contributed by atoms with Crippen molar-refractivity contribution in [2.24, 2.45) is 0 Å². The number of halogens is 2. The average Bonchev–Trinajstić information content (AvgIpc) is 2.16. The molecule has 6 heteroatoms. The summed E-state index contributed by atoms with van der Waals surface area (Å²) in [6, 6.07) is 3.41. The zero-order valence-electron chi connectivity index (χ0n) is 9.00. The van der Waals surface area contributed by atoms with E-state index in [0.717, 1.165) is 6.07 Å². The Morgan fingerprint density at radius 2 is 2.12 bits per heavy atom. The molecule has 0 amide bonds. The van der Waals surface area contributed by atoms with Gasteiger partial charge in [-0.25, -0.2) is 17.5 Å². The van der Waals surface area contributed by atoms with Gasteiger partial charge in [0.1, 0.15) is 5.82 Å². The average molecular weight is 266 g/mol. The molecule has 0 bridgehead atoms. The second-order valence-electron chi connectivity index (χ2n) is 3.41. The maximum atomic E-state index is 12.8. The van der Waals surface area contributed by atoms with E-state index in [1.807, 2.05) is 0 Å². The number of nitrogens with one attached hydrogen (secondary N) is 1. The van der Waals surface area contributed by atoms with Gasteiger partial charge in [-0.15, -0.1) is 0 Å². The third-order valence-corrected chi connectivity index (χ3v) is 3.97. The minimum atomic E-state index is -3.30. The van der Waals surface area contributed by atoms with Crippen LogP contribution in [-0.2, 0) is 10.0 Å². The van der Waals surface area contributed by atoms with Crippen molar-refractivity contribution in [3.63, 3.8) is 0 Å². The summed E-state index contributed by atoms with van der Waals surface area (Å²) in [5, 5.41) is 0.214. The summed E-state index contributed by atoms with van der Waals surface area (Å²) in [4.78, 5) is 0. The van der Waals surface area contributed by atoms with Gasteiger partial charge in [0.25, 0.3) is 0 Å². The fourth-order valence-corrected chi connectivity index (χ4v) is 2.43.